The Labute approximate surface area is 96.4 Å². The average Bonchev–Trinajstić information content (AvgIpc) is 2.70. The van der Waals surface area contributed by atoms with Crippen LogP contribution in [-0.4, -0.2) is 35.4 Å². The van der Waals surface area contributed by atoms with E-state index in [4.69, 9.17) is 10.2 Å². The predicted octanol–water partition coefficient (Wildman–Crippen LogP) is 1.44. The van der Waals surface area contributed by atoms with Gasteiger partial charge in [0.05, 0.1) is 18.6 Å². The minimum absolute atomic E-state index is 0.292. The molecule has 1 aliphatic rings. The highest BCUT2D eigenvalue weighted by Gasteiger charge is 2.27. The summed E-state index contributed by atoms with van der Waals surface area (Å²) in [5.41, 5.74) is 0. The van der Waals surface area contributed by atoms with Crippen molar-refractivity contribution in [1.29, 1.82) is 0 Å². The molecule has 96 valence electrons. The van der Waals surface area contributed by atoms with Crippen molar-refractivity contribution < 1.29 is 24.5 Å². The van der Waals surface area contributed by atoms with Crippen molar-refractivity contribution in [2.75, 3.05) is 6.61 Å². The van der Waals surface area contributed by atoms with Crippen molar-refractivity contribution in [3.8, 4) is 0 Å². The number of ether oxygens (including phenoxy) is 1. The van der Waals surface area contributed by atoms with Crippen LogP contribution in [0.1, 0.15) is 40.0 Å². The van der Waals surface area contributed by atoms with Gasteiger partial charge >= 0.3 is 5.97 Å². The minimum atomic E-state index is -0.772. The van der Waals surface area contributed by atoms with Crippen LogP contribution in [0.25, 0.3) is 0 Å². The average molecular weight is 234 g/mol. The van der Waals surface area contributed by atoms with E-state index < -0.39 is 5.97 Å². The molecule has 0 aliphatic heterocycles. The molecule has 0 saturated heterocycles. The van der Waals surface area contributed by atoms with Gasteiger partial charge in [-0.15, -0.1) is 0 Å². The SMILES string of the molecule is CC.CCOC=O.O=C(O)C1CCC(O)C1. The van der Waals surface area contributed by atoms with E-state index in [0.717, 1.165) is 0 Å². The fourth-order valence-electron chi connectivity index (χ4n) is 1.25. The maximum Gasteiger partial charge on any atom is 0.306 e. The molecular weight excluding hydrogens is 212 g/mol. The molecule has 0 spiro atoms. The Morgan fingerprint density at radius 1 is 1.44 bits per heavy atom. The summed E-state index contributed by atoms with van der Waals surface area (Å²) in [5, 5.41) is 17.3. The summed E-state index contributed by atoms with van der Waals surface area (Å²) < 4.78 is 4.15. The molecule has 0 radical (unpaired) electrons. The first kappa shape index (κ1) is 17.3. The molecule has 0 amide bonds. The van der Waals surface area contributed by atoms with Crippen LogP contribution >= 0.6 is 0 Å². The monoisotopic (exact) mass is 234 g/mol. The second-order valence-electron chi connectivity index (χ2n) is 3.05. The number of hydrogen-bond acceptors (Lipinski definition) is 4. The Bertz CT molecular complexity index is 181. The van der Waals surface area contributed by atoms with E-state index in [9.17, 15) is 9.59 Å². The van der Waals surface area contributed by atoms with Gasteiger partial charge in [-0.2, -0.15) is 0 Å². The maximum atomic E-state index is 10.2. The standard InChI is InChI=1S/C6H10O3.C3H6O2.C2H6/c7-5-2-1-4(3-5)6(8)9;1-2-5-3-4;1-2/h4-5,7H,1-3H2,(H,8,9);3H,2H2,1H3;1-2H3. The van der Waals surface area contributed by atoms with Gasteiger partial charge in [-0.25, -0.2) is 0 Å². The topological polar surface area (TPSA) is 83.8 Å². The Kier molecular flexibility index (Phi) is 12.9. The summed E-state index contributed by atoms with van der Waals surface area (Å²) in [5.74, 6) is -1.06. The Balaban J connectivity index is 0. The van der Waals surface area contributed by atoms with E-state index in [2.05, 4.69) is 4.74 Å². The van der Waals surface area contributed by atoms with Gasteiger partial charge in [-0.05, 0) is 26.2 Å². The second kappa shape index (κ2) is 12.0. The van der Waals surface area contributed by atoms with Crippen LogP contribution in [0.2, 0.25) is 0 Å². The number of carboxylic acid groups (broad SMARTS) is 1. The Morgan fingerprint density at radius 2 is 2.00 bits per heavy atom. The van der Waals surface area contributed by atoms with Crippen LogP contribution in [0.15, 0.2) is 0 Å². The molecule has 1 rings (SSSR count). The molecule has 2 N–H and O–H groups in total. The van der Waals surface area contributed by atoms with Gasteiger partial charge < -0.3 is 14.9 Å². The lowest BCUT2D eigenvalue weighted by Gasteiger charge is -1.99. The van der Waals surface area contributed by atoms with Crippen LogP contribution in [-0.2, 0) is 14.3 Å². The van der Waals surface area contributed by atoms with Crippen molar-refractivity contribution in [3.63, 3.8) is 0 Å². The lowest BCUT2D eigenvalue weighted by molar-refractivity contribution is -0.141. The highest BCUT2D eigenvalue weighted by Crippen LogP contribution is 2.24. The Hall–Kier alpha value is -1.10. The fourth-order valence-corrected chi connectivity index (χ4v) is 1.25. The lowest BCUT2D eigenvalue weighted by Crippen LogP contribution is -2.10. The lowest BCUT2D eigenvalue weighted by atomic mass is 10.1. The van der Waals surface area contributed by atoms with Crippen LogP contribution in [0.4, 0.5) is 0 Å². The van der Waals surface area contributed by atoms with Crippen LogP contribution in [0, 0.1) is 5.92 Å². The number of carbonyl (C=O) groups excluding carboxylic acids is 1. The van der Waals surface area contributed by atoms with Gasteiger partial charge in [0.1, 0.15) is 0 Å². The first-order valence-electron chi connectivity index (χ1n) is 5.57. The maximum absolute atomic E-state index is 10.2. The first-order valence-corrected chi connectivity index (χ1v) is 5.57. The summed E-state index contributed by atoms with van der Waals surface area (Å²) in [6, 6.07) is 0. The number of hydrogen-bond donors (Lipinski definition) is 2. The van der Waals surface area contributed by atoms with E-state index in [1.165, 1.54) is 0 Å². The predicted molar refractivity (Wildman–Crippen MR) is 60.0 cm³/mol. The van der Waals surface area contributed by atoms with Gasteiger partial charge in [-0.3, -0.25) is 9.59 Å². The summed E-state index contributed by atoms with van der Waals surface area (Å²) >= 11 is 0. The molecule has 16 heavy (non-hydrogen) atoms. The quantitative estimate of drug-likeness (QED) is 0.722. The normalized spacial score (nSPS) is 22.0. The highest BCUT2D eigenvalue weighted by atomic mass is 16.5. The summed E-state index contributed by atoms with van der Waals surface area (Å²) in [7, 11) is 0. The molecule has 1 fully saturated rings. The van der Waals surface area contributed by atoms with Crippen molar-refractivity contribution in [3.05, 3.63) is 0 Å². The zero-order valence-corrected chi connectivity index (χ0v) is 10.2. The van der Waals surface area contributed by atoms with Gasteiger partial charge in [0.25, 0.3) is 6.47 Å². The smallest absolute Gasteiger partial charge is 0.306 e. The molecule has 2 unspecified atom stereocenters. The van der Waals surface area contributed by atoms with Gasteiger partial charge in [0, 0.05) is 0 Å². The van der Waals surface area contributed by atoms with Gasteiger partial charge in [-0.1, -0.05) is 13.8 Å². The molecular formula is C11H22O5. The number of carbonyl (C=O) groups is 2. The van der Waals surface area contributed by atoms with Crippen molar-refractivity contribution in [2.45, 2.75) is 46.1 Å². The minimum Gasteiger partial charge on any atom is -0.481 e. The van der Waals surface area contributed by atoms with E-state index in [0.29, 0.717) is 32.3 Å². The van der Waals surface area contributed by atoms with Crippen molar-refractivity contribution in [2.24, 2.45) is 5.92 Å². The number of aliphatic hydroxyl groups excluding tert-OH is 1. The molecule has 2 atom stereocenters. The molecule has 1 aliphatic carbocycles. The number of aliphatic hydroxyl groups is 1. The molecule has 0 aromatic carbocycles. The number of rotatable bonds is 3. The third-order valence-electron chi connectivity index (χ3n) is 1.99. The molecule has 0 heterocycles. The Morgan fingerprint density at radius 3 is 2.12 bits per heavy atom. The van der Waals surface area contributed by atoms with Crippen molar-refractivity contribution >= 4 is 12.4 Å². The molecule has 0 aromatic heterocycles. The van der Waals surface area contributed by atoms with Crippen LogP contribution in [0.5, 0.6) is 0 Å². The first-order chi connectivity index (χ1) is 7.61. The van der Waals surface area contributed by atoms with Crippen LogP contribution < -0.4 is 0 Å². The molecule has 0 aromatic rings. The van der Waals surface area contributed by atoms with E-state index in [1.54, 1.807) is 6.92 Å². The molecule has 1 saturated carbocycles. The summed E-state index contributed by atoms with van der Waals surface area (Å²) in [6.45, 7) is 6.66. The number of carboxylic acids is 1. The highest BCUT2D eigenvalue weighted by molar-refractivity contribution is 5.70. The second-order valence-corrected chi connectivity index (χ2v) is 3.05. The fraction of sp³-hybridized carbons (Fsp3) is 0.818. The molecule has 0 bridgehead atoms. The molecule has 5 heteroatoms. The summed E-state index contributed by atoms with van der Waals surface area (Å²) in [4.78, 5) is 19.4. The van der Waals surface area contributed by atoms with E-state index in [1.807, 2.05) is 13.8 Å². The third kappa shape index (κ3) is 9.45. The zero-order chi connectivity index (χ0) is 13.0. The van der Waals surface area contributed by atoms with Gasteiger partial charge in [0.15, 0.2) is 0 Å². The van der Waals surface area contributed by atoms with Gasteiger partial charge in [0.2, 0.25) is 0 Å². The zero-order valence-electron chi connectivity index (χ0n) is 10.2. The summed E-state index contributed by atoms with van der Waals surface area (Å²) in [6.07, 6.45) is 1.36. The third-order valence-corrected chi connectivity index (χ3v) is 1.99. The number of aliphatic carboxylic acids is 1. The molecule has 5 nitrogen and oxygen atoms in total. The largest absolute Gasteiger partial charge is 0.481 e. The van der Waals surface area contributed by atoms with Crippen molar-refractivity contribution in [1.82, 2.24) is 0 Å². The van der Waals surface area contributed by atoms with E-state index in [-0.39, 0.29) is 12.0 Å². The van der Waals surface area contributed by atoms with E-state index >= 15 is 0 Å². The van der Waals surface area contributed by atoms with Crippen LogP contribution in [0.3, 0.4) is 0 Å².